The second-order valence-electron chi connectivity index (χ2n) is 5.42. The Hall–Kier alpha value is -0.860. The third-order valence-corrected chi connectivity index (χ3v) is 4.17. The maximum absolute atomic E-state index is 5.94. The summed E-state index contributed by atoms with van der Waals surface area (Å²) >= 11 is 0. The first kappa shape index (κ1) is 13.6. The van der Waals surface area contributed by atoms with Gasteiger partial charge in [-0.1, -0.05) is 50.1 Å². The van der Waals surface area contributed by atoms with Crippen LogP contribution in [0.25, 0.3) is 0 Å². The van der Waals surface area contributed by atoms with Crippen molar-refractivity contribution in [2.75, 3.05) is 19.6 Å². The minimum Gasteiger partial charge on any atom is -0.329 e. The van der Waals surface area contributed by atoms with Crippen molar-refractivity contribution in [3.63, 3.8) is 0 Å². The highest BCUT2D eigenvalue weighted by Crippen LogP contribution is 2.28. The molecule has 1 saturated heterocycles. The van der Waals surface area contributed by atoms with Crippen LogP contribution >= 0.6 is 0 Å². The van der Waals surface area contributed by atoms with Crippen LogP contribution in [0.1, 0.15) is 44.1 Å². The van der Waals surface area contributed by atoms with Crippen LogP contribution in [0.2, 0.25) is 0 Å². The molecule has 2 heteroatoms. The predicted octanol–water partition coefficient (Wildman–Crippen LogP) is 2.99. The number of rotatable bonds is 6. The van der Waals surface area contributed by atoms with Gasteiger partial charge in [-0.15, -0.1) is 0 Å². The van der Waals surface area contributed by atoms with E-state index in [4.69, 9.17) is 5.73 Å². The highest BCUT2D eigenvalue weighted by Gasteiger charge is 2.27. The number of nitrogens with two attached hydrogens (primary N) is 1. The first-order chi connectivity index (χ1) is 8.85. The summed E-state index contributed by atoms with van der Waals surface area (Å²) in [6.45, 7) is 5.46. The molecule has 1 aromatic carbocycles. The molecule has 0 saturated carbocycles. The highest BCUT2D eigenvalue weighted by molar-refractivity contribution is 5.21. The van der Waals surface area contributed by atoms with Crippen molar-refractivity contribution in [1.82, 2.24) is 4.90 Å². The van der Waals surface area contributed by atoms with Gasteiger partial charge < -0.3 is 5.73 Å². The summed E-state index contributed by atoms with van der Waals surface area (Å²) in [5.74, 6) is 0.710. The molecule has 0 spiro atoms. The molecule has 100 valence electrons. The van der Waals surface area contributed by atoms with Gasteiger partial charge in [0.25, 0.3) is 0 Å². The van der Waals surface area contributed by atoms with E-state index in [1.807, 2.05) is 0 Å². The molecule has 0 aliphatic carbocycles. The molecule has 1 aromatic rings. The fourth-order valence-electron chi connectivity index (χ4n) is 3.01. The van der Waals surface area contributed by atoms with Crippen LogP contribution < -0.4 is 5.73 Å². The molecule has 2 nitrogen and oxygen atoms in total. The standard InChI is InChI=1S/C16H26N2/c1-2-3-9-16(12-17)18-11-10-15(13-18)14-7-5-4-6-8-14/h4-8,15-16H,2-3,9-13,17H2,1H3. The Kier molecular flexibility index (Phi) is 5.21. The van der Waals surface area contributed by atoms with Gasteiger partial charge in [0.2, 0.25) is 0 Å². The monoisotopic (exact) mass is 246 g/mol. The molecule has 1 aliphatic heterocycles. The van der Waals surface area contributed by atoms with Crippen molar-refractivity contribution in [3.05, 3.63) is 35.9 Å². The van der Waals surface area contributed by atoms with Crippen molar-refractivity contribution in [3.8, 4) is 0 Å². The van der Waals surface area contributed by atoms with Gasteiger partial charge in [0, 0.05) is 19.1 Å². The topological polar surface area (TPSA) is 29.3 Å². The van der Waals surface area contributed by atoms with E-state index < -0.39 is 0 Å². The first-order valence-corrected chi connectivity index (χ1v) is 7.34. The Labute approximate surface area is 111 Å². The molecule has 0 bridgehead atoms. The third-order valence-electron chi connectivity index (χ3n) is 4.17. The lowest BCUT2D eigenvalue weighted by molar-refractivity contribution is 0.229. The van der Waals surface area contributed by atoms with Gasteiger partial charge in [0.1, 0.15) is 0 Å². The maximum atomic E-state index is 5.94. The van der Waals surface area contributed by atoms with Gasteiger partial charge >= 0.3 is 0 Å². The molecule has 2 N–H and O–H groups in total. The van der Waals surface area contributed by atoms with Crippen LogP contribution in [0.5, 0.6) is 0 Å². The average molecular weight is 246 g/mol. The predicted molar refractivity (Wildman–Crippen MR) is 77.7 cm³/mol. The smallest absolute Gasteiger partial charge is 0.0218 e. The van der Waals surface area contributed by atoms with Crippen molar-refractivity contribution in [2.24, 2.45) is 5.73 Å². The van der Waals surface area contributed by atoms with Crippen LogP contribution in [0.4, 0.5) is 0 Å². The summed E-state index contributed by atoms with van der Waals surface area (Å²) in [5.41, 5.74) is 7.43. The summed E-state index contributed by atoms with van der Waals surface area (Å²) in [4.78, 5) is 2.60. The zero-order chi connectivity index (χ0) is 12.8. The molecule has 0 aromatic heterocycles. The Morgan fingerprint density at radius 1 is 1.33 bits per heavy atom. The molecule has 1 fully saturated rings. The number of hydrogen-bond donors (Lipinski definition) is 1. The normalized spacial score (nSPS) is 22.2. The van der Waals surface area contributed by atoms with E-state index in [0.29, 0.717) is 12.0 Å². The molecular formula is C16H26N2. The fraction of sp³-hybridized carbons (Fsp3) is 0.625. The van der Waals surface area contributed by atoms with Crippen molar-refractivity contribution >= 4 is 0 Å². The average Bonchev–Trinajstić information content (AvgIpc) is 2.90. The summed E-state index contributed by atoms with van der Waals surface area (Å²) in [7, 11) is 0. The Bertz CT molecular complexity index is 336. The molecule has 18 heavy (non-hydrogen) atoms. The molecule has 2 atom stereocenters. The Balaban J connectivity index is 1.91. The second-order valence-corrected chi connectivity index (χ2v) is 5.42. The van der Waals surface area contributed by atoms with E-state index in [9.17, 15) is 0 Å². The molecule has 0 radical (unpaired) electrons. The van der Waals surface area contributed by atoms with Crippen molar-refractivity contribution in [1.29, 1.82) is 0 Å². The minimum atomic E-state index is 0.596. The first-order valence-electron chi connectivity index (χ1n) is 7.34. The van der Waals surface area contributed by atoms with Crippen LogP contribution in [-0.2, 0) is 0 Å². The largest absolute Gasteiger partial charge is 0.329 e. The lowest BCUT2D eigenvalue weighted by atomic mass is 9.99. The minimum absolute atomic E-state index is 0.596. The second kappa shape index (κ2) is 6.91. The SMILES string of the molecule is CCCCC(CN)N1CCC(c2ccccc2)C1. The maximum Gasteiger partial charge on any atom is 0.0218 e. The van der Waals surface area contributed by atoms with E-state index in [1.165, 1.54) is 44.3 Å². The molecule has 1 aliphatic rings. The van der Waals surface area contributed by atoms with E-state index in [2.05, 4.69) is 42.2 Å². The van der Waals surface area contributed by atoms with E-state index in [1.54, 1.807) is 0 Å². The number of unbranched alkanes of at least 4 members (excludes halogenated alkanes) is 1. The number of benzene rings is 1. The van der Waals surface area contributed by atoms with Gasteiger partial charge in [-0.2, -0.15) is 0 Å². The van der Waals surface area contributed by atoms with Crippen LogP contribution in [0.15, 0.2) is 30.3 Å². The van der Waals surface area contributed by atoms with Crippen molar-refractivity contribution < 1.29 is 0 Å². The van der Waals surface area contributed by atoms with Crippen LogP contribution in [0.3, 0.4) is 0 Å². The molecule has 2 unspecified atom stereocenters. The summed E-state index contributed by atoms with van der Waals surface area (Å²) in [6, 6.07) is 11.5. The fourth-order valence-corrected chi connectivity index (χ4v) is 3.01. The lowest BCUT2D eigenvalue weighted by Gasteiger charge is -2.26. The summed E-state index contributed by atoms with van der Waals surface area (Å²) < 4.78 is 0. The number of likely N-dealkylation sites (tertiary alicyclic amines) is 1. The lowest BCUT2D eigenvalue weighted by Crippen LogP contribution is -2.39. The molecule has 1 heterocycles. The summed E-state index contributed by atoms with van der Waals surface area (Å²) in [6.07, 6.45) is 5.11. The van der Waals surface area contributed by atoms with Gasteiger partial charge in [-0.25, -0.2) is 0 Å². The van der Waals surface area contributed by atoms with Gasteiger partial charge in [0.05, 0.1) is 0 Å². The quantitative estimate of drug-likeness (QED) is 0.836. The molecular weight excluding hydrogens is 220 g/mol. The number of hydrogen-bond acceptors (Lipinski definition) is 2. The number of nitrogens with zero attached hydrogens (tertiary/aromatic N) is 1. The van der Waals surface area contributed by atoms with Gasteiger partial charge in [0.15, 0.2) is 0 Å². The Morgan fingerprint density at radius 3 is 2.78 bits per heavy atom. The highest BCUT2D eigenvalue weighted by atomic mass is 15.2. The molecule has 2 rings (SSSR count). The van der Waals surface area contributed by atoms with Crippen LogP contribution in [0, 0.1) is 0 Å². The van der Waals surface area contributed by atoms with E-state index in [-0.39, 0.29) is 0 Å². The third kappa shape index (κ3) is 3.33. The van der Waals surface area contributed by atoms with Crippen molar-refractivity contribution in [2.45, 2.75) is 44.6 Å². The Morgan fingerprint density at radius 2 is 2.11 bits per heavy atom. The summed E-state index contributed by atoms with van der Waals surface area (Å²) in [5, 5.41) is 0. The van der Waals surface area contributed by atoms with Gasteiger partial charge in [-0.05, 0) is 30.9 Å². The van der Waals surface area contributed by atoms with Gasteiger partial charge in [-0.3, -0.25) is 4.90 Å². The van der Waals surface area contributed by atoms with E-state index >= 15 is 0 Å². The van der Waals surface area contributed by atoms with E-state index in [0.717, 1.165) is 6.54 Å². The van der Waals surface area contributed by atoms with Crippen LogP contribution in [-0.4, -0.2) is 30.6 Å². The zero-order valence-electron chi connectivity index (χ0n) is 11.5. The zero-order valence-corrected chi connectivity index (χ0v) is 11.5. The molecule has 0 amide bonds.